The van der Waals surface area contributed by atoms with E-state index in [1.807, 2.05) is 55.5 Å². The third-order valence-electron chi connectivity index (χ3n) is 4.06. The van der Waals surface area contributed by atoms with Gasteiger partial charge in [0.15, 0.2) is 5.17 Å². The van der Waals surface area contributed by atoms with E-state index in [4.69, 9.17) is 16.0 Å². The van der Waals surface area contributed by atoms with Crippen LogP contribution < -0.4 is 5.32 Å². The molecule has 30 heavy (non-hydrogen) atoms. The lowest BCUT2D eigenvalue weighted by molar-refractivity contribution is -0.117. The van der Waals surface area contributed by atoms with E-state index in [2.05, 4.69) is 25.7 Å². The molecule has 152 valence electrons. The van der Waals surface area contributed by atoms with E-state index in [0.717, 1.165) is 22.4 Å². The van der Waals surface area contributed by atoms with E-state index in [0.29, 0.717) is 27.1 Å². The van der Waals surface area contributed by atoms with Gasteiger partial charge >= 0.3 is 0 Å². The quantitative estimate of drug-likeness (QED) is 0.570. The Kier molecular flexibility index (Phi) is 6.51. The summed E-state index contributed by atoms with van der Waals surface area (Å²) in [6.45, 7) is 2.01. The first-order valence-electron chi connectivity index (χ1n) is 8.93. The lowest BCUT2D eigenvalue weighted by atomic mass is 10.1. The SMILES string of the molecule is Cc1ccc(-c2nnc(SCC(=O)NC3=NN=C(c4ccc(Cl)cc4)CS3)o2)cc1. The van der Waals surface area contributed by atoms with Gasteiger partial charge in [0.1, 0.15) is 0 Å². The number of aryl methyl sites for hydroxylation is 1. The number of rotatable bonds is 5. The average molecular weight is 458 g/mol. The molecule has 0 bridgehead atoms. The van der Waals surface area contributed by atoms with Gasteiger partial charge in [-0.1, -0.05) is 65.0 Å². The van der Waals surface area contributed by atoms with Crippen LogP contribution in [-0.4, -0.2) is 38.5 Å². The Morgan fingerprint density at radius 1 is 1.10 bits per heavy atom. The zero-order valence-electron chi connectivity index (χ0n) is 15.8. The van der Waals surface area contributed by atoms with E-state index < -0.39 is 0 Å². The Bertz CT molecular complexity index is 1110. The molecule has 2 heterocycles. The third-order valence-corrected chi connectivity index (χ3v) is 6.01. The van der Waals surface area contributed by atoms with Crippen molar-refractivity contribution in [2.24, 2.45) is 10.2 Å². The number of hydrogen-bond donors (Lipinski definition) is 1. The fourth-order valence-corrected chi connectivity index (χ4v) is 3.98. The number of benzene rings is 2. The van der Waals surface area contributed by atoms with E-state index in [9.17, 15) is 4.79 Å². The molecule has 0 saturated heterocycles. The summed E-state index contributed by atoms with van der Waals surface area (Å²) in [6, 6.07) is 15.2. The van der Waals surface area contributed by atoms with Crippen molar-refractivity contribution in [2.45, 2.75) is 12.1 Å². The monoisotopic (exact) mass is 457 g/mol. The van der Waals surface area contributed by atoms with Crippen LogP contribution in [-0.2, 0) is 4.79 Å². The summed E-state index contributed by atoms with van der Waals surface area (Å²) in [4.78, 5) is 12.2. The van der Waals surface area contributed by atoms with Gasteiger partial charge in [-0.15, -0.1) is 15.3 Å². The first-order valence-corrected chi connectivity index (χ1v) is 11.3. The second-order valence-corrected chi connectivity index (χ2v) is 8.65. The molecular weight excluding hydrogens is 442 g/mol. The second kappa shape index (κ2) is 9.46. The zero-order chi connectivity index (χ0) is 20.9. The van der Waals surface area contributed by atoms with Crippen molar-refractivity contribution in [1.29, 1.82) is 0 Å². The average Bonchev–Trinajstić information content (AvgIpc) is 3.23. The number of carbonyl (C=O) groups is 1. The number of halogens is 1. The Labute approximate surface area is 186 Å². The second-order valence-electron chi connectivity index (χ2n) is 6.32. The van der Waals surface area contributed by atoms with Gasteiger partial charge < -0.3 is 9.73 Å². The van der Waals surface area contributed by atoms with Crippen LogP contribution in [0.25, 0.3) is 11.5 Å². The number of hydrogen-bond acceptors (Lipinski definition) is 8. The molecule has 2 aromatic carbocycles. The molecule has 7 nitrogen and oxygen atoms in total. The maximum Gasteiger partial charge on any atom is 0.277 e. The van der Waals surface area contributed by atoms with Crippen LogP contribution in [0.1, 0.15) is 11.1 Å². The first-order chi connectivity index (χ1) is 14.6. The van der Waals surface area contributed by atoms with Crippen LogP contribution in [0.3, 0.4) is 0 Å². The summed E-state index contributed by atoms with van der Waals surface area (Å²) in [5, 5.41) is 20.5. The molecule has 1 aromatic heterocycles. The van der Waals surface area contributed by atoms with Crippen molar-refractivity contribution >= 4 is 51.9 Å². The van der Waals surface area contributed by atoms with Crippen LogP contribution in [0.4, 0.5) is 0 Å². The molecule has 0 aliphatic carbocycles. The van der Waals surface area contributed by atoms with E-state index in [1.54, 1.807) is 0 Å². The molecule has 0 unspecified atom stereocenters. The number of carbonyl (C=O) groups excluding carboxylic acids is 1. The number of thioether (sulfide) groups is 2. The minimum absolute atomic E-state index is 0.128. The highest BCUT2D eigenvalue weighted by Crippen LogP contribution is 2.23. The molecule has 1 aliphatic heterocycles. The molecule has 10 heteroatoms. The summed E-state index contributed by atoms with van der Waals surface area (Å²) >= 11 is 8.49. The minimum Gasteiger partial charge on any atom is -0.411 e. The molecule has 1 amide bonds. The maximum absolute atomic E-state index is 12.2. The Morgan fingerprint density at radius 3 is 2.53 bits per heavy atom. The standard InChI is InChI=1S/C20H16ClN5O2S2/c1-12-2-4-14(5-3-12)18-24-26-20(28-18)30-11-17(27)22-19-25-23-16(10-29-19)13-6-8-15(21)9-7-13/h2-9H,10-11H2,1H3,(H,22,25,27). The molecule has 0 radical (unpaired) electrons. The summed E-state index contributed by atoms with van der Waals surface area (Å²) in [7, 11) is 0. The highest BCUT2D eigenvalue weighted by Gasteiger charge is 2.16. The third kappa shape index (κ3) is 5.29. The van der Waals surface area contributed by atoms with Crippen molar-refractivity contribution < 1.29 is 9.21 Å². The van der Waals surface area contributed by atoms with Crippen molar-refractivity contribution in [3.63, 3.8) is 0 Å². The van der Waals surface area contributed by atoms with Crippen LogP contribution in [0.5, 0.6) is 0 Å². The maximum atomic E-state index is 12.2. The van der Waals surface area contributed by atoms with Gasteiger partial charge in [-0.25, -0.2) is 0 Å². The van der Waals surface area contributed by atoms with Crippen molar-refractivity contribution in [1.82, 2.24) is 15.5 Å². The molecule has 3 aromatic rings. The summed E-state index contributed by atoms with van der Waals surface area (Å²) < 4.78 is 5.62. The number of amidine groups is 1. The predicted molar refractivity (Wildman–Crippen MR) is 121 cm³/mol. The highest BCUT2D eigenvalue weighted by molar-refractivity contribution is 8.14. The van der Waals surface area contributed by atoms with E-state index in [-0.39, 0.29) is 11.7 Å². The Hall–Kier alpha value is -2.62. The molecule has 0 spiro atoms. The minimum atomic E-state index is -0.216. The van der Waals surface area contributed by atoms with Gasteiger partial charge in [0.05, 0.1) is 11.5 Å². The lowest BCUT2D eigenvalue weighted by Gasteiger charge is -2.12. The van der Waals surface area contributed by atoms with Gasteiger partial charge in [-0.2, -0.15) is 5.10 Å². The smallest absolute Gasteiger partial charge is 0.277 e. The fraction of sp³-hybridized carbons (Fsp3) is 0.150. The lowest BCUT2D eigenvalue weighted by Crippen LogP contribution is -2.31. The van der Waals surface area contributed by atoms with Gasteiger partial charge in [0, 0.05) is 16.3 Å². The van der Waals surface area contributed by atoms with Crippen LogP contribution in [0.15, 0.2) is 68.4 Å². The van der Waals surface area contributed by atoms with Crippen LogP contribution >= 0.6 is 35.1 Å². The van der Waals surface area contributed by atoms with Gasteiger partial charge in [-0.05, 0) is 36.8 Å². The number of nitrogens with zero attached hydrogens (tertiary/aromatic N) is 4. The van der Waals surface area contributed by atoms with Gasteiger partial charge in [0.2, 0.25) is 11.8 Å². The summed E-state index contributed by atoms with van der Waals surface area (Å²) in [5.41, 5.74) is 3.78. The zero-order valence-corrected chi connectivity index (χ0v) is 18.2. The van der Waals surface area contributed by atoms with Gasteiger partial charge in [0.25, 0.3) is 5.22 Å². The fourth-order valence-electron chi connectivity index (χ4n) is 2.51. The van der Waals surface area contributed by atoms with Gasteiger partial charge in [-0.3, -0.25) is 4.79 Å². The summed E-state index contributed by atoms with van der Waals surface area (Å²) in [6.07, 6.45) is 0. The number of amides is 1. The number of aromatic nitrogens is 2. The molecule has 0 saturated carbocycles. The highest BCUT2D eigenvalue weighted by atomic mass is 35.5. The first kappa shape index (κ1) is 20.6. The largest absolute Gasteiger partial charge is 0.411 e. The van der Waals surface area contributed by atoms with Crippen LogP contribution in [0, 0.1) is 6.92 Å². The number of nitrogens with one attached hydrogen (secondary N) is 1. The molecule has 4 rings (SSSR count). The normalized spacial score (nSPS) is 13.5. The molecular formula is C20H16ClN5O2S2. The molecule has 1 aliphatic rings. The molecule has 1 N–H and O–H groups in total. The predicted octanol–water partition coefficient (Wildman–Crippen LogP) is 4.41. The van der Waals surface area contributed by atoms with E-state index in [1.165, 1.54) is 23.5 Å². The van der Waals surface area contributed by atoms with Crippen molar-refractivity contribution in [3.05, 3.63) is 64.7 Å². The Balaban J connectivity index is 1.30. The molecule has 0 fully saturated rings. The van der Waals surface area contributed by atoms with Crippen molar-refractivity contribution in [3.8, 4) is 11.5 Å². The van der Waals surface area contributed by atoms with Crippen LogP contribution in [0.2, 0.25) is 5.02 Å². The Morgan fingerprint density at radius 2 is 1.83 bits per heavy atom. The van der Waals surface area contributed by atoms with E-state index >= 15 is 0 Å². The topological polar surface area (TPSA) is 92.7 Å². The summed E-state index contributed by atoms with van der Waals surface area (Å²) in [5.74, 6) is 0.945. The van der Waals surface area contributed by atoms with Crippen molar-refractivity contribution in [2.75, 3.05) is 11.5 Å². The molecule has 0 atom stereocenters.